The van der Waals surface area contributed by atoms with Gasteiger partial charge in [-0.3, -0.25) is 4.79 Å². The predicted molar refractivity (Wildman–Crippen MR) is 93.8 cm³/mol. The van der Waals surface area contributed by atoms with Crippen molar-refractivity contribution in [3.8, 4) is 0 Å². The Labute approximate surface area is 152 Å². The van der Waals surface area contributed by atoms with Crippen molar-refractivity contribution in [3.05, 3.63) is 47.3 Å². The highest BCUT2D eigenvalue weighted by molar-refractivity contribution is 7.89. The zero-order chi connectivity index (χ0) is 19.1. The van der Waals surface area contributed by atoms with Gasteiger partial charge in [-0.2, -0.15) is 4.31 Å². The molecule has 0 N–H and O–H groups in total. The van der Waals surface area contributed by atoms with Crippen LogP contribution in [-0.4, -0.2) is 60.3 Å². The lowest BCUT2D eigenvalue weighted by atomic mass is 10.2. The Morgan fingerprint density at radius 1 is 1.23 bits per heavy atom. The van der Waals surface area contributed by atoms with E-state index in [9.17, 15) is 17.6 Å². The highest BCUT2D eigenvalue weighted by Crippen LogP contribution is 2.21. The number of imidazole rings is 1. The largest absolute Gasteiger partial charge is 0.343 e. The number of carbonyl (C=O) groups is 1. The van der Waals surface area contributed by atoms with Crippen LogP contribution in [0.4, 0.5) is 4.39 Å². The molecule has 2 heterocycles. The zero-order valence-corrected chi connectivity index (χ0v) is 15.8. The van der Waals surface area contributed by atoms with E-state index in [1.165, 1.54) is 21.3 Å². The fourth-order valence-corrected chi connectivity index (χ4v) is 4.30. The SMILES string of the molecule is Cc1ccc(S(=O)(=O)N2CCc3nc(C(=O)N(C)C)cn3CC2)cc1F. The average molecular weight is 380 g/mol. The third-order valence-corrected chi connectivity index (χ3v) is 6.34. The first-order valence-corrected chi connectivity index (χ1v) is 9.68. The van der Waals surface area contributed by atoms with Crippen LogP contribution in [0.1, 0.15) is 21.9 Å². The number of hydrogen-bond donors (Lipinski definition) is 0. The first-order chi connectivity index (χ1) is 12.2. The Kier molecular flexibility index (Phi) is 4.85. The van der Waals surface area contributed by atoms with Crippen molar-refractivity contribution in [2.24, 2.45) is 0 Å². The van der Waals surface area contributed by atoms with Crippen molar-refractivity contribution in [2.45, 2.75) is 24.8 Å². The number of fused-ring (bicyclic) bond motifs is 1. The van der Waals surface area contributed by atoms with Crippen molar-refractivity contribution >= 4 is 15.9 Å². The third-order valence-electron chi connectivity index (χ3n) is 4.44. The van der Waals surface area contributed by atoms with Crippen LogP contribution in [0.5, 0.6) is 0 Å². The Balaban J connectivity index is 1.81. The molecule has 1 aliphatic heterocycles. The fourth-order valence-electron chi connectivity index (χ4n) is 2.86. The molecule has 0 unspecified atom stereocenters. The minimum atomic E-state index is -3.78. The number of carbonyl (C=O) groups excluding carboxylic acids is 1. The van der Waals surface area contributed by atoms with E-state index in [1.54, 1.807) is 27.2 Å². The first kappa shape index (κ1) is 18.5. The molecular weight excluding hydrogens is 359 g/mol. The number of hydrogen-bond acceptors (Lipinski definition) is 4. The molecule has 1 amide bonds. The van der Waals surface area contributed by atoms with E-state index >= 15 is 0 Å². The van der Waals surface area contributed by atoms with E-state index in [4.69, 9.17) is 0 Å². The molecule has 26 heavy (non-hydrogen) atoms. The maximum atomic E-state index is 13.8. The van der Waals surface area contributed by atoms with E-state index in [-0.39, 0.29) is 23.9 Å². The summed E-state index contributed by atoms with van der Waals surface area (Å²) >= 11 is 0. The van der Waals surface area contributed by atoms with Gasteiger partial charge in [-0.1, -0.05) is 6.07 Å². The van der Waals surface area contributed by atoms with Crippen LogP contribution < -0.4 is 0 Å². The molecule has 1 aromatic carbocycles. The summed E-state index contributed by atoms with van der Waals surface area (Å²) in [7, 11) is -0.474. The highest BCUT2D eigenvalue weighted by atomic mass is 32.2. The van der Waals surface area contributed by atoms with E-state index < -0.39 is 15.8 Å². The molecule has 3 rings (SSSR count). The molecule has 0 radical (unpaired) electrons. The highest BCUT2D eigenvalue weighted by Gasteiger charge is 2.28. The van der Waals surface area contributed by atoms with Gasteiger partial charge in [0.05, 0.1) is 4.90 Å². The Morgan fingerprint density at radius 3 is 2.62 bits per heavy atom. The molecule has 2 aromatic rings. The minimum Gasteiger partial charge on any atom is -0.343 e. The molecule has 0 spiro atoms. The number of benzene rings is 1. The molecule has 0 aliphatic carbocycles. The summed E-state index contributed by atoms with van der Waals surface area (Å²) in [5.41, 5.74) is 0.750. The molecule has 140 valence electrons. The van der Waals surface area contributed by atoms with Gasteiger partial charge >= 0.3 is 0 Å². The number of aryl methyl sites for hydroxylation is 1. The quantitative estimate of drug-likeness (QED) is 0.804. The lowest BCUT2D eigenvalue weighted by Crippen LogP contribution is -2.33. The van der Waals surface area contributed by atoms with Crippen molar-refractivity contribution in [3.63, 3.8) is 0 Å². The number of sulfonamides is 1. The molecule has 0 saturated carbocycles. The maximum absolute atomic E-state index is 13.8. The second-order valence-corrected chi connectivity index (χ2v) is 8.44. The van der Waals surface area contributed by atoms with Crippen LogP contribution in [-0.2, 0) is 23.0 Å². The van der Waals surface area contributed by atoms with Crippen LogP contribution in [0.2, 0.25) is 0 Å². The van der Waals surface area contributed by atoms with Gasteiger partial charge in [-0.25, -0.2) is 17.8 Å². The molecule has 1 aromatic heterocycles. The van der Waals surface area contributed by atoms with Crippen LogP contribution in [0, 0.1) is 12.7 Å². The monoisotopic (exact) mass is 380 g/mol. The van der Waals surface area contributed by atoms with Gasteiger partial charge < -0.3 is 9.47 Å². The normalized spacial score (nSPS) is 15.4. The average Bonchev–Trinajstić information content (AvgIpc) is 2.88. The van der Waals surface area contributed by atoms with E-state index in [1.807, 2.05) is 4.57 Å². The van der Waals surface area contributed by atoms with Crippen LogP contribution in [0.3, 0.4) is 0 Å². The summed E-state index contributed by atoms with van der Waals surface area (Å²) in [6.07, 6.45) is 2.04. The van der Waals surface area contributed by atoms with Crippen LogP contribution in [0.25, 0.3) is 0 Å². The van der Waals surface area contributed by atoms with Crippen LogP contribution in [0.15, 0.2) is 29.3 Å². The Bertz CT molecular complexity index is 927. The molecular formula is C17H21FN4O3S. The Morgan fingerprint density at radius 2 is 1.96 bits per heavy atom. The van der Waals surface area contributed by atoms with Gasteiger partial charge in [0, 0.05) is 46.3 Å². The topological polar surface area (TPSA) is 75.5 Å². The van der Waals surface area contributed by atoms with Gasteiger partial charge in [0.25, 0.3) is 5.91 Å². The second-order valence-electron chi connectivity index (χ2n) is 6.50. The van der Waals surface area contributed by atoms with Crippen molar-refractivity contribution in [1.29, 1.82) is 0 Å². The molecule has 9 heteroatoms. The molecule has 0 saturated heterocycles. The Hall–Kier alpha value is -2.26. The van der Waals surface area contributed by atoms with Gasteiger partial charge in [0.2, 0.25) is 10.0 Å². The van der Waals surface area contributed by atoms with Crippen molar-refractivity contribution < 1.29 is 17.6 Å². The summed E-state index contributed by atoms with van der Waals surface area (Å²) in [6.45, 7) is 2.43. The summed E-state index contributed by atoms with van der Waals surface area (Å²) in [6, 6.07) is 3.94. The maximum Gasteiger partial charge on any atom is 0.273 e. The van der Waals surface area contributed by atoms with E-state index in [0.29, 0.717) is 30.0 Å². The van der Waals surface area contributed by atoms with E-state index in [0.717, 1.165) is 6.07 Å². The third kappa shape index (κ3) is 3.36. The minimum absolute atomic E-state index is 0.0522. The molecule has 7 nitrogen and oxygen atoms in total. The van der Waals surface area contributed by atoms with Crippen molar-refractivity contribution in [2.75, 3.05) is 27.2 Å². The molecule has 0 bridgehead atoms. The molecule has 0 fully saturated rings. The van der Waals surface area contributed by atoms with E-state index in [2.05, 4.69) is 4.98 Å². The summed E-state index contributed by atoms with van der Waals surface area (Å²) < 4.78 is 42.5. The van der Waals surface area contributed by atoms with Gasteiger partial charge in [0.1, 0.15) is 17.3 Å². The second kappa shape index (κ2) is 6.81. The zero-order valence-electron chi connectivity index (χ0n) is 14.9. The van der Waals surface area contributed by atoms with Gasteiger partial charge in [0.15, 0.2) is 0 Å². The van der Waals surface area contributed by atoms with Crippen molar-refractivity contribution in [1.82, 2.24) is 18.8 Å². The number of halogens is 1. The number of amides is 1. The number of rotatable bonds is 3. The van der Waals surface area contributed by atoms with Gasteiger partial charge in [-0.05, 0) is 24.6 Å². The lowest BCUT2D eigenvalue weighted by Gasteiger charge is -2.20. The summed E-state index contributed by atoms with van der Waals surface area (Å²) in [5.74, 6) is -0.0613. The summed E-state index contributed by atoms with van der Waals surface area (Å²) in [4.78, 5) is 17.8. The lowest BCUT2D eigenvalue weighted by molar-refractivity contribution is 0.0822. The van der Waals surface area contributed by atoms with Gasteiger partial charge in [-0.15, -0.1) is 0 Å². The fraction of sp³-hybridized carbons (Fsp3) is 0.412. The molecule has 0 atom stereocenters. The number of nitrogens with zero attached hydrogens (tertiary/aromatic N) is 4. The summed E-state index contributed by atoms with van der Waals surface area (Å²) in [5, 5.41) is 0. The molecule has 1 aliphatic rings. The van der Waals surface area contributed by atoms with Crippen LogP contribution >= 0.6 is 0 Å². The standard InChI is InChI=1S/C17H21FN4O3S/c1-12-4-5-13(10-14(12)18)26(24,25)22-7-6-16-19-15(17(23)20(2)3)11-21(16)8-9-22/h4-5,10-11H,6-9H2,1-3H3. The smallest absolute Gasteiger partial charge is 0.273 e. The first-order valence-electron chi connectivity index (χ1n) is 8.24. The number of aromatic nitrogens is 2. The predicted octanol–water partition coefficient (Wildman–Crippen LogP) is 1.28.